The average Bonchev–Trinajstić information content (AvgIpc) is 2.95. The van der Waals surface area contributed by atoms with Crippen molar-refractivity contribution in [2.75, 3.05) is 19.6 Å². The molecule has 110 valence electrons. The summed E-state index contributed by atoms with van der Waals surface area (Å²) in [7, 11) is 0. The van der Waals surface area contributed by atoms with Gasteiger partial charge >= 0.3 is 0 Å². The summed E-state index contributed by atoms with van der Waals surface area (Å²) in [5.74, 6) is -1.54. The van der Waals surface area contributed by atoms with E-state index >= 15 is 0 Å². The van der Waals surface area contributed by atoms with E-state index in [1.807, 2.05) is 4.90 Å². The van der Waals surface area contributed by atoms with Gasteiger partial charge < -0.3 is 10.2 Å². The molecule has 0 radical (unpaired) electrons. The fraction of sp³-hybridized carbons (Fsp3) is 0.533. The molecule has 1 aliphatic heterocycles. The Morgan fingerprint density at radius 1 is 1.35 bits per heavy atom. The highest BCUT2D eigenvalue weighted by atomic mass is 19.2. The Balaban J connectivity index is 1.81. The van der Waals surface area contributed by atoms with Gasteiger partial charge in [-0.25, -0.2) is 8.78 Å². The number of carbonyl (C=O) groups excluding carboxylic acids is 1. The number of carbonyl (C=O) groups is 1. The van der Waals surface area contributed by atoms with E-state index in [2.05, 4.69) is 5.32 Å². The molecule has 0 aliphatic carbocycles. The van der Waals surface area contributed by atoms with Gasteiger partial charge in [0.2, 0.25) is 5.91 Å². The molecule has 1 saturated heterocycles. The third kappa shape index (κ3) is 3.54. The first-order valence-electron chi connectivity index (χ1n) is 7.04. The lowest BCUT2D eigenvalue weighted by Crippen LogP contribution is -2.31. The number of amides is 1. The molecule has 0 spiro atoms. The van der Waals surface area contributed by atoms with Crippen LogP contribution in [0.1, 0.15) is 37.8 Å². The van der Waals surface area contributed by atoms with Crippen molar-refractivity contribution in [1.82, 2.24) is 10.2 Å². The van der Waals surface area contributed by atoms with Crippen LogP contribution in [0.2, 0.25) is 0 Å². The minimum Gasteiger partial charge on any atom is -0.343 e. The van der Waals surface area contributed by atoms with E-state index in [0.29, 0.717) is 18.5 Å². The Morgan fingerprint density at radius 3 is 2.75 bits per heavy atom. The molecule has 1 N–H and O–H groups in total. The van der Waals surface area contributed by atoms with E-state index in [4.69, 9.17) is 0 Å². The number of hydrogen-bond acceptors (Lipinski definition) is 2. The largest absolute Gasteiger partial charge is 0.343 e. The summed E-state index contributed by atoms with van der Waals surface area (Å²) < 4.78 is 26.7. The molecule has 1 aromatic carbocycles. The smallest absolute Gasteiger partial charge is 0.223 e. The first-order chi connectivity index (χ1) is 9.59. The standard InChI is InChI=1S/C15H20F2N2O/c1-11(12-5-4-6-13(16)15(12)17)18-8-7-14(20)19-9-2-3-10-19/h4-6,11,18H,2-3,7-10H2,1H3. The van der Waals surface area contributed by atoms with Gasteiger partial charge in [0.25, 0.3) is 0 Å². The maximum absolute atomic E-state index is 13.6. The first kappa shape index (κ1) is 14.9. The second-order valence-corrected chi connectivity index (χ2v) is 5.16. The van der Waals surface area contributed by atoms with Crippen LogP contribution >= 0.6 is 0 Å². The summed E-state index contributed by atoms with van der Waals surface area (Å²) in [6.07, 6.45) is 2.54. The van der Waals surface area contributed by atoms with Crippen molar-refractivity contribution < 1.29 is 13.6 Å². The molecular weight excluding hydrogens is 262 g/mol. The predicted octanol–water partition coefficient (Wildman–Crippen LogP) is 2.63. The zero-order valence-electron chi connectivity index (χ0n) is 11.7. The molecule has 3 nitrogen and oxygen atoms in total. The number of halogens is 2. The van der Waals surface area contributed by atoms with Gasteiger partial charge in [0.1, 0.15) is 0 Å². The SMILES string of the molecule is CC(NCCC(=O)N1CCCC1)c1cccc(F)c1F. The van der Waals surface area contributed by atoms with Crippen LogP contribution in [0.25, 0.3) is 0 Å². The normalized spacial score (nSPS) is 16.4. The summed E-state index contributed by atoms with van der Waals surface area (Å²) in [5, 5.41) is 3.07. The highest BCUT2D eigenvalue weighted by molar-refractivity contribution is 5.76. The average molecular weight is 282 g/mol. The van der Waals surface area contributed by atoms with E-state index in [0.717, 1.165) is 32.0 Å². The highest BCUT2D eigenvalue weighted by Crippen LogP contribution is 2.18. The van der Waals surface area contributed by atoms with Crippen molar-refractivity contribution >= 4 is 5.91 Å². The summed E-state index contributed by atoms with van der Waals surface area (Å²) in [4.78, 5) is 13.7. The zero-order valence-corrected chi connectivity index (χ0v) is 11.7. The van der Waals surface area contributed by atoms with Crippen LogP contribution in [0.4, 0.5) is 8.78 Å². The lowest BCUT2D eigenvalue weighted by Gasteiger charge is -2.18. The third-order valence-corrected chi connectivity index (χ3v) is 3.70. The molecule has 1 amide bonds. The van der Waals surface area contributed by atoms with E-state index in [9.17, 15) is 13.6 Å². The molecule has 20 heavy (non-hydrogen) atoms. The van der Waals surface area contributed by atoms with Gasteiger partial charge in [0.15, 0.2) is 11.6 Å². The fourth-order valence-electron chi connectivity index (χ4n) is 2.49. The monoisotopic (exact) mass is 282 g/mol. The first-order valence-corrected chi connectivity index (χ1v) is 7.04. The minimum atomic E-state index is -0.843. The van der Waals surface area contributed by atoms with Crippen molar-refractivity contribution in [3.8, 4) is 0 Å². The fourth-order valence-corrected chi connectivity index (χ4v) is 2.49. The molecule has 2 rings (SSSR count). The zero-order chi connectivity index (χ0) is 14.5. The highest BCUT2D eigenvalue weighted by Gasteiger charge is 2.18. The van der Waals surface area contributed by atoms with Gasteiger partial charge in [-0.2, -0.15) is 0 Å². The van der Waals surface area contributed by atoms with Crippen LogP contribution in [0.3, 0.4) is 0 Å². The number of likely N-dealkylation sites (tertiary alicyclic amines) is 1. The van der Waals surface area contributed by atoms with Crippen LogP contribution in [0.5, 0.6) is 0 Å². The molecule has 1 unspecified atom stereocenters. The molecule has 0 aromatic heterocycles. The molecule has 5 heteroatoms. The van der Waals surface area contributed by atoms with Gasteiger partial charge in [-0.05, 0) is 25.8 Å². The number of rotatable bonds is 5. The van der Waals surface area contributed by atoms with Gasteiger partial charge in [0, 0.05) is 37.7 Å². The lowest BCUT2D eigenvalue weighted by atomic mass is 10.1. The Bertz CT molecular complexity index is 473. The lowest BCUT2D eigenvalue weighted by molar-refractivity contribution is -0.130. The maximum atomic E-state index is 13.6. The minimum absolute atomic E-state index is 0.127. The van der Waals surface area contributed by atoms with Gasteiger partial charge in [-0.1, -0.05) is 12.1 Å². The van der Waals surface area contributed by atoms with Crippen LogP contribution in [-0.4, -0.2) is 30.4 Å². The summed E-state index contributed by atoms with van der Waals surface area (Å²) in [6, 6.07) is 3.82. The summed E-state index contributed by atoms with van der Waals surface area (Å²) in [6.45, 7) is 3.91. The van der Waals surface area contributed by atoms with Gasteiger partial charge in [0.05, 0.1) is 0 Å². The van der Waals surface area contributed by atoms with E-state index in [1.54, 1.807) is 13.0 Å². The van der Waals surface area contributed by atoms with E-state index in [1.165, 1.54) is 6.07 Å². The Hall–Kier alpha value is -1.49. The van der Waals surface area contributed by atoms with Crippen molar-refractivity contribution in [3.05, 3.63) is 35.4 Å². The number of benzene rings is 1. The van der Waals surface area contributed by atoms with E-state index < -0.39 is 11.6 Å². The third-order valence-electron chi connectivity index (χ3n) is 3.70. The Morgan fingerprint density at radius 2 is 2.05 bits per heavy atom. The molecule has 1 fully saturated rings. The molecule has 1 atom stereocenters. The Kier molecular flexibility index (Phi) is 5.06. The van der Waals surface area contributed by atoms with Crippen LogP contribution in [0.15, 0.2) is 18.2 Å². The van der Waals surface area contributed by atoms with E-state index in [-0.39, 0.29) is 11.9 Å². The van der Waals surface area contributed by atoms with Crippen LogP contribution < -0.4 is 5.32 Å². The molecular formula is C15H20F2N2O. The second-order valence-electron chi connectivity index (χ2n) is 5.16. The predicted molar refractivity (Wildman–Crippen MR) is 73.2 cm³/mol. The summed E-state index contributed by atoms with van der Waals surface area (Å²) in [5.41, 5.74) is 0.290. The van der Waals surface area contributed by atoms with Crippen LogP contribution in [-0.2, 0) is 4.79 Å². The van der Waals surface area contributed by atoms with Gasteiger partial charge in [-0.3, -0.25) is 4.79 Å². The quantitative estimate of drug-likeness (QED) is 0.900. The Labute approximate surface area is 118 Å². The van der Waals surface area contributed by atoms with Gasteiger partial charge in [-0.15, -0.1) is 0 Å². The molecule has 0 bridgehead atoms. The van der Waals surface area contributed by atoms with Crippen LogP contribution in [0, 0.1) is 11.6 Å². The van der Waals surface area contributed by atoms with Crippen molar-refractivity contribution in [1.29, 1.82) is 0 Å². The second kappa shape index (κ2) is 6.79. The number of nitrogens with zero attached hydrogens (tertiary/aromatic N) is 1. The molecule has 1 heterocycles. The molecule has 1 aromatic rings. The topological polar surface area (TPSA) is 32.3 Å². The maximum Gasteiger partial charge on any atom is 0.223 e. The molecule has 0 saturated carbocycles. The molecule has 1 aliphatic rings. The summed E-state index contributed by atoms with van der Waals surface area (Å²) >= 11 is 0. The number of nitrogens with one attached hydrogen (secondary N) is 1. The number of hydrogen-bond donors (Lipinski definition) is 1. The van der Waals surface area contributed by atoms with Crippen molar-refractivity contribution in [2.45, 2.75) is 32.2 Å². The van der Waals surface area contributed by atoms with Crippen molar-refractivity contribution in [2.24, 2.45) is 0 Å². The van der Waals surface area contributed by atoms with Crippen molar-refractivity contribution in [3.63, 3.8) is 0 Å².